The minimum atomic E-state index is 0.199. The third-order valence-electron chi connectivity index (χ3n) is 3.81. The molecule has 1 aliphatic rings. The van der Waals surface area contributed by atoms with E-state index >= 15 is 0 Å². The molecule has 0 spiro atoms. The highest BCUT2D eigenvalue weighted by molar-refractivity contribution is 4.85. The van der Waals surface area contributed by atoms with E-state index in [0.717, 1.165) is 26.0 Å². The summed E-state index contributed by atoms with van der Waals surface area (Å²) in [6.07, 6.45) is 2.42. The molecule has 90 valence electrons. The van der Waals surface area contributed by atoms with E-state index in [2.05, 4.69) is 20.8 Å². The first-order valence-electron chi connectivity index (χ1n) is 6.05. The topological polar surface area (TPSA) is 32.7 Å². The van der Waals surface area contributed by atoms with Crippen LogP contribution in [0.25, 0.3) is 0 Å². The van der Waals surface area contributed by atoms with Crippen molar-refractivity contribution in [2.75, 3.05) is 19.7 Å². The standard InChI is InChI=1S/C12H25NO2/c1-5-12(3,4)10-7-11(15-6-2)9-13(14)8-10/h10-11,14H,5-9H2,1-4H3. The minimum absolute atomic E-state index is 0.199. The maximum Gasteiger partial charge on any atom is 0.0728 e. The van der Waals surface area contributed by atoms with Crippen molar-refractivity contribution in [2.45, 2.75) is 46.6 Å². The molecule has 0 saturated carbocycles. The van der Waals surface area contributed by atoms with Crippen LogP contribution in [-0.2, 0) is 4.74 Å². The van der Waals surface area contributed by atoms with Gasteiger partial charge in [-0.05, 0) is 24.7 Å². The molecule has 15 heavy (non-hydrogen) atoms. The molecule has 0 aromatic carbocycles. The molecule has 0 aromatic rings. The van der Waals surface area contributed by atoms with Crippen molar-refractivity contribution in [1.29, 1.82) is 0 Å². The van der Waals surface area contributed by atoms with Crippen LogP contribution < -0.4 is 0 Å². The molecule has 3 heteroatoms. The van der Waals surface area contributed by atoms with Crippen LogP contribution in [0, 0.1) is 11.3 Å². The van der Waals surface area contributed by atoms with Crippen LogP contribution >= 0.6 is 0 Å². The maximum atomic E-state index is 9.69. The van der Waals surface area contributed by atoms with Gasteiger partial charge in [0, 0.05) is 13.2 Å². The summed E-state index contributed by atoms with van der Waals surface area (Å²) < 4.78 is 5.62. The molecule has 1 heterocycles. The molecule has 0 amide bonds. The van der Waals surface area contributed by atoms with Gasteiger partial charge in [0.1, 0.15) is 0 Å². The SMILES string of the molecule is CCOC1CC(C(C)(C)CC)CN(O)C1. The number of piperidine rings is 1. The van der Waals surface area contributed by atoms with E-state index in [1.807, 2.05) is 6.92 Å². The fourth-order valence-electron chi connectivity index (χ4n) is 2.24. The van der Waals surface area contributed by atoms with Crippen molar-refractivity contribution >= 4 is 0 Å². The minimum Gasteiger partial charge on any atom is -0.377 e. The quantitative estimate of drug-likeness (QED) is 0.782. The Morgan fingerprint density at radius 2 is 2.00 bits per heavy atom. The molecule has 0 aliphatic carbocycles. The molecule has 1 aliphatic heterocycles. The van der Waals surface area contributed by atoms with Gasteiger partial charge in [0.2, 0.25) is 0 Å². The van der Waals surface area contributed by atoms with Gasteiger partial charge in [-0.1, -0.05) is 27.2 Å². The van der Waals surface area contributed by atoms with Crippen molar-refractivity contribution < 1.29 is 9.94 Å². The largest absolute Gasteiger partial charge is 0.377 e. The van der Waals surface area contributed by atoms with Gasteiger partial charge in [-0.25, -0.2) is 0 Å². The molecule has 1 N–H and O–H groups in total. The van der Waals surface area contributed by atoms with Gasteiger partial charge in [-0.3, -0.25) is 0 Å². The molecule has 0 radical (unpaired) electrons. The van der Waals surface area contributed by atoms with Gasteiger partial charge in [-0.15, -0.1) is 0 Å². The second-order valence-electron chi connectivity index (χ2n) is 5.22. The Hall–Kier alpha value is -0.120. The van der Waals surface area contributed by atoms with Crippen LogP contribution in [-0.4, -0.2) is 36.1 Å². The number of hydrogen-bond acceptors (Lipinski definition) is 3. The summed E-state index contributed by atoms with van der Waals surface area (Å²) in [5.74, 6) is 0.526. The average molecular weight is 215 g/mol. The van der Waals surface area contributed by atoms with E-state index in [9.17, 15) is 5.21 Å². The van der Waals surface area contributed by atoms with E-state index < -0.39 is 0 Å². The number of rotatable bonds is 4. The maximum absolute atomic E-state index is 9.69. The van der Waals surface area contributed by atoms with Crippen molar-refractivity contribution in [3.8, 4) is 0 Å². The Labute approximate surface area is 93.4 Å². The Balaban J connectivity index is 2.58. The van der Waals surface area contributed by atoms with Crippen molar-refractivity contribution in [3.05, 3.63) is 0 Å². The van der Waals surface area contributed by atoms with Crippen LogP contribution in [0.1, 0.15) is 40.5 Å². The van der Waals surface area contributed by atoms with Crippen LogP contribution in [0.2, 0.25) is 0 Å². The van der Waals surface area contributed by atoms with Gasteiger partial charge in [0.15, 0.2) is 0 Å². The van der Waals surface area contributed by atoms with E-state index in [1.165, 1.54) is 5.06 Å². The smallest absolute Gasteiger partial charge is 0.0728 e. The summed E-state index contributed by atoms with van der Waals surface area (Å²) in [6.45, 7) is 11.0. The van der Waals surface area contributed by atoms with Gasteiger partial charge < -0.3 is 9.94 Å². The first kappa shape index (κ1) is 12.9. The second-order valence-corrected chi connectivity index (χ2v) is 5.22. The highest BCUT2D eigenvalue weighted by Gasteiger charge is 2.35. The van der Waals surface area contributed by atoms with E-state index in [0.29, 0.717) is 12.5 Å². The average Bonchev–Trinajstić information content (AvgIpc) is 2.17. The monoisotopic (exact) mass is 215 g/mol. The van der Waals surface area contributed by atoms with Crippen molar-refractivity contribution in [1.82, 2.24) is 5.06 Å². The first-order valence-corrected chi connectivity index (χ1v) is 6.05. The van der Waals surface area contributed by atoms with E-state index in [4.69, 9.17) is 4.74 Å². The van der Waals surface area contributed by atoms with Crippen LogP contribution in [0.5, 0.6) is 0 Å². The highest BCUT2D eigenvalue weighted by Crippen LogP contribution is 2.36. The van der Waals surface area contributed by atoms with Crippen LogP contribution in [0.4, 0.5) is 0 Å². The van der Waals surface area contributed by atoms with Gasteiger partial charge in [0.05, 0.1) is 12.6 Å². The van der Waals surface area contributed by atoms with Gasteiger partial charge in [-0.2, -0.15) is 5.06 Å². The lowest BCUT2D eigenvalue weighted by Crippen LogP contribution is -2.46. The zero-order valence-electron chi connectivity index (χ0n) is 10.5. The highest BCUT2D eigenvalue weighted by atomic mass is 16.5. The Morgan fingerprint density at radius 1 is 1.33 bits per heavy atom. The van der Waals surface area contributed by atoms with E-state index in [1.54, 1.807) is 0 Å². The van der Waals surface area contributed by atoms with Gasteiger partial charge >= 0.3 is 0 Å². The number of hydrogen-bond donors (Lipinski definition) is 1. The van der Waals surface area contributed by atoms with Gasteiger partial charge in [0.25, 0.3) is 0 Å². The van der Waals surface area contributed by atoms with Crippen molar-refractivity contribution in [2.24, 2.45) is 11.3 Å². The summed E-state index contributed by atoms with van der Waals surface area (Å²) in [5, 5.41) is 11.1. The first-order chi connectivity index (χ1) is 6.99. The zero-order valence-corrected chi connectivity index (χ0v) is 10.5. The Kier molecular flexibility index (Phi) is 4.56. The molecule has 2 atom stereocenters. The lowest BCUT2D eigenvalue weighted by Gasteiger charge is -2.42. The number of hydroxylamine groups is 2. The third-order valence-corrected chi connectivity index (χ3v) is 3.81. The lowest BCUT2D eigenvalue weighted by atomic mass is 9.72. The summed E-state index contributed by atoms with van der Waals surface area (Å²) in [4.78, 5) is 0. The molecule has 0 bridgehead atoms. The molecule has 1 fully saturated rings. The predicted octanol–water partition coefficient (Wildman–Crippen LogP) is 2.54. The van der Waals surface area contributed by atoms with E-state index in [-0.39, 0.29) is 11.5 Å². The second kappa shape index (κ2) is 5.28. The Morgan fingerprint density at radius 3 is 2.53 bits per heavy atom. The molecule has 1 saturated heterocycles. The predicted molar refractivity (Wildman–Crippen MR) is 61.0 cm³/mol. The fraction of sp³-hybridized carbons (Fsp3) is 1.00. The number of ether oxygens (including phenoxy) is 1. The van der Waals surface area contributed by atoms with Crippen LogP contribution in [0.15, 0.2) is 0 Å². The normalized spacial score (nSPS) is 29.4. The molecular weight excluding hydrogens is 190 g/mol. The molecule has 3 nitrogen and oxygen atoms in total. The van der Waals surface area contributed by atoms with Crippen molar-refractivity contribution in [3.63, 3.8) is 0 Å². The molecular formula is C12H25NO2. The summed E-state index contributed by atoms with van der Waals surface area (Å²) >= 11 is 0. The molecule has 2 unspecified atom stereocenters. The number of nitrogens with zero attached hydrogens (tertiary/aromatic N) is 1. The Bertz CT molecular complexity index is 194. The summed E-state index contributed by atoms with van der Waals surface area (Å²) in [7, 11) is 0. The third kappa shape index (κ3) is 3.44. The summed E-state index contributed by atoms with van der Waals surface area (Å²) in [6, 6.07) is 0. The van der Waals surface area contributed by atoms with Crippen LogP contribution in [0.3, 0.4) is 0 Å². The molecule has 1 rings (SSSR count). The molecule has 0 aromatic heterocycles. The zero-order chi connectivity index (χ0) is 11.5. The lowest BCUT2D eigenvalue weighted by molar-refractivity contribution is -0.170. The fourth-order valence-corrected chi connectivity index (χ4v) is 2.24. The summed E-state index contributed by atoms with van der Waals surface area (Å²) in [5.41, 5.74) is 0.288.